The third-order valence-electron chi connectivity index (χ3n) is 4.67. The van der Waals surface area contributed by atoms with Gasteiger partial charge in [0, 0.05) is 16.7 Å². The van der Waals surface area contributed by atoms with Crippen LogP contribution in [0, 0.1) is 58.9 Å². The van der Waals surface area contributed by atoms with Gasteiger partial charge in [0.05, 0.1) is 0 Å². The van der Waals surface area contributed by atoms with E-state index in [4.69, 9.17) is 6.42 Å². The van der Waals surface area contributed by atoms with Crippen molar-refractivity contribution >= 4 is 16.1 Å². The normalized spacial score (nSPS) is 18.1. The zero-order valence-corrected chi connectivity index (χ0v) is 24.0. The maximum Gasteiger partial charge on any atom is 1.00 e. The van der Waals surface area contributed by atoms with Crippen LogP contribution in [0.4, 0.5) is 0 Å². The molecule has 0 N–H and O–H groups in total. The molecule has 172 valence electrons. The van der Waals surface area contributed by atoms with E-state index >= 15 is 0 Å². The molecular formula is C28H51LiSi2. The molecule has 0 atom stereocenters. The van der Waals surface area contributed by atoms with Gasteiger partial charge < -0.3 is 6.92 Å². The van der Waals surface area contributed by atoms with Gasteiger partial charge >= 0.3 is 18.9 Å². The second-order valence-electron chi connectivity index (χ2n) is 11.4. The quantitative estimate of drug-likeness (QED) is 0.276. The number of hydrogen-bond donors (Lipinski definition) is 0. The second-order valence-corrected chi connectivity index (χ2v) is 20.9. The first-order valence-corrected chi connectivity index (χ1v) is 18.5. The summed E-state index contributed by atoms with van der Waals surface area (Å²) in [4.78, 5) is 0. The Morgan fingerprint density at radius 2 is 1.26 bits per heavy atom. The molecule has 0 radical (unpaired) electrons. The van der Waals surface area contributed by atoms with Crippen LogP contribution in [0.5, 0.6) is 0 Å². The van der Waals surface area contributed by atoms with Crippen LogP contribution in [-0.4, -0.2) is 16.1 Å². The van der Waals surface area contributed by atoms with E-state index < -0.39 is 16.1 Å². The molecule has 3 heteroatoms. The standard InChI is InChI=1S/C9H16Si.C8H14Si.C6H8.C4H9.CH4.Li/c1-9(5-6-9)7-8-10(2,3)4;1-9(2,3)7-6-8-4-5-8;1-3-6(2)4-5-6;1-3-4-2;;/h5-6H2,1-4H3;8H,4-5H2,1-3H3;1H,4-5H2,2H3;1,3-4H2,2H3;1H4;/q;;;-1;;+1. The fourth-order valence-corrected chi connectivity index (χ4v) is 2.84. The first kappa shape index (κ1) is 35.3. The van der Waals surface area contributed by atoms with Crippen molar-refractivity contribution in [3.05, 3.63) is 6.92 Å². The van der Waals surface area contributed by atoms with Gasteiger partial charge in [-0.2, -0.15) is 6.42 Å². The van der Waals surface area contributed by atoms with E-state index in [0.29, 0.717) is 10.8 Å². The molecule has 0 heterocycles. The summed E-state index contributed by atoms with van der Waals surface area (Å²) in [6.07, 6.45) is 15.2. The molecule has 0 amide bonds. The Bertz CT molecular complexity index is 627. The van der Waals surface area contributed by atoms with Crippen LogP contribution < -0.4 is 18.9 Å². The monoisotopic (exact) mass is 450 g/mol. The molecule has 31 heavy (non-hydrogen) atoms. The summed E-state index contributed by atoms with van der Waals surface area (Å²) < 4.78 is 0. The predicted octanol–water partition coefficient (Wildman–Crippen LogP) is 5.62. The van der Waals surface area contributed by atoms with Gasteiger partial charge in [-0.25, -0.2) is 0 Å². The van der Waals surface area contributed by atoms with Gasteiger partial charge in [-0.15, -0.1) is 35.3 Å². The van der Waals surface area contributed by atoms with Gasteiger partial charge in [0.25, 0.3) is 0 Å². The van der Waals surface area contributed by atoms with Crippen molar-refractivity contribution in [2.75, 3.05) is 0 Å². The van der Waals surface area contributed by atoms with Crippen molar-refractivity contribution in [1.82, 2.24) is 0 Å². The molecule has 0 bridgehead atoms. The van der Waals surface area contributed by atoms with E-state index in [2.05, 4.69) is 95.8 Å². The van der Waals surface area contributed by atoms with Gasteiger partial charge in [0.15, 0.2) is 0 Å². The van der Waals surface area contributed by atoms with Crippen molar-refractivity contribution in [2.24, 2.45) is 16.7 Å². The summed E-state index contributed by atoms with van der Waals surface area (Å²) in [5.74, 6) is 10.2. The first-order chi connectivity index (χ1) is 13.2. The van der Waals surface area contributed by atoms with Crippen LogP contribution in [0.2, 0.25) is 39.3 Å². The Morgan fingerprint density at radius 3 is 1.45 bits per heavy atom. The number of terminal acetylenes is 1. The average Bonchev–Trinajstić information content (AvgIpc) is 3.48. The van der Waals surface area contributed by atoms with Crippen LogP contribution in [0.15, 0.2) is 0 Å². The summed E-state index contributed by atoms with van der Waals surface area (Å²) in [6, 6.07) is 0. The number of hydrogen-bond acceptors (Lipinski definition) is 0. The second kappa shape index (κ2) is 15.5. The molecule has 3 aliphatic carbocycles. The Morgan fingerprint density at radius 1 is 0.871 bits per heavy atom. The van der Waals surface area contributed by atoms with Crippen LogP contribution in [0.3, 0.4) is 0 Å². The van der Waals surface area contributed by atoms with Crippen molar-refractivity contribution in [3.8, 4) is 35.3 Å². The molecule has 3 saturated carbocycles. The van der Waals surface area contributed by atoms with Crippen molar-refractivity contribution in [1.29, 1.82) is 0 Å². The van der Waals surface area contributed by atoms with Gasteiger partial charge in [-0.3, -0.25) is 0 Å². The Hall–Kier alpha value is -0.289. The molecular weight excluding hydrogens is 399 g/mol. The molecule has 0 aromatic heterocycles. The van der Waals surface area contributed by atoms with Gasteiger partial charge in [0.2, 0.25) is 0 Å². The Labute approximate surface area is 212 Å². The molecule has 0 aromatic rings. The van der Waals surface area contributed by atoms with E-state index in [1.54, 1.807) is 0 Å². The summed E-state index contributed by atoms with van der Waals surface area (Å²) >= 11 is 0. The Balaban J connectivity index is -0.000000346. The summed E-state index contributed by atoms with van der Waals surface area (Å²) in [5, 5.41) is 0. The first-order valence-electron chi connectivity index (χ1n) is 11.5. The fourth-order valence-electron chi connectivity index (χ4n) is 1.53. The summed E-state index contributed by atoms with van der Waals surface area (Å²) in [6.45, 7) is 23.9. The van der Waals surface area contributed by atoms with E-state index in [0.717, 1.165) is 12.3 Å². The molecule has 0 nitrogen and oxygen atoms in total. The van der Waals surface area contributed by atoms with E-state index in [-0.39, 0.29) is 26.3 Å². The topological polar surface area (TPSA) is 0 Å². The predicted molar refractivity (Wildman–Crippen MR) is 145 cm³/mol. The van der Waals surface area contributed by atoms with E-state index in [1.807, 2.05) is 0 Å². The number of unbranched alkanes of at least 4 members (excludes halogenated alkanes) is 1. The third kappa shape index (κ3) is 25.8. The molecule has 0 aliphatic heterocycles. The molecule has 3 aliphatic rings. The Kier molecular flexibility index (Phi) is 17.7. The minimum atomic E-state index is -1.09. The SMILES string of the molecule is C.C#CC1(C)CC1.CC1(C#C[Si](C)(C)C)CC1.C[Si](C)(C)C#CC1CC1.[CH2-]CCC.[Li+]. The van der Waals surface area contributed by atoms with E-state index in [9.17, 15) is 0 Å². The van der Waals surface area contributed by atoms with Crippen LogP contribution >= 0.6 is 0 Å². The van der Waals surface area contributed by atoms with Gasteiger partial charge in [-0.1, -0.05) is 60.1 Å². The summed E-state index contributed by atoms with van der Waals surface area (Å²) in [5.41, 5.74) is 7.54. The zero-order valence-electron chi connectivity index (χ0n) is 22.0. The van der Waals surface area contributed by atoms with Crippen LogP contribution in [0.25, 0.3) is 0 Å². The van der Waals surface area contributed by atoms with E-state index in [1.165, 1.54) is 44.9 Å². The maximum absolute atomic E-state index is 5.12. The number of rotatable bonds is 1. The molecule has 0 unspecified atom stereocenters. The molecule has 0 aromatic carbocycles. The van der Waals surface area contributed by atoms with Crippen molar-refractivity contribution < 1.29 is 18.9 Å². The third-order valence-corrected chi connectivity index (χ3v) is 6.44. The largest absolute Gasteiger partial charge is 1.00 e. The molecule has 3 rings (SSSR count). The fraction of sp³-hybridized carbons (Fsp3) is 0.750. The van der Waals surface area contributed by atoms with Crippen LogP contribution in [0.1, 0.15) is 79.6 Å². The zero-order chi connectivity index (χ0) is 22.8. The summed E-state index contributed by atoms with van der Waals surface area (Å²) in [7, 11) is -2.13. The van der Waals surface area contributed by atoms with Gasteiger partial charge in [-0.05, 0) is 52.4 Å². The average molecular weight is 451 g/mol. The van der Waals surface area contributed by atoms with Crippen molar-refractivity contribution in [2.45, 2.75) is 119 Å². The smallest absolute Gasteiger partial charge is 0.343 e. The molecule has 0 saturated heterocycles. The molecule has 3 fully saturated rings. The maximum atomic E-state index is 5.12. The minimum absolute atomic E-state index is 0. The van der Waals surface area contributed by atoms with Crippen LogP contribution in [-0.2, 0) is 0 Å². The van der Waals surface area contributed by atoms with Crippen molar-refractivity contribution in [3.63, 3.8) is 0 Å². The minimum Gasteiger partial charge on any atom is -0.343 e. The molecule has 0 spiro atoms. The van der Waals surface area contributed by atoms with Gasteiger partial charge in [0.1, 0.15) is 16.1 Å².